The van der Waals surface area contributed by atoms with Gasteiger partial charge in [-0.15, -0.1) is 0 Å². The summed E-state index contributed by atoms with van der Waals surface area (Å²) in [5, 5.41) is 22.7. The fourth-order valence-corrected chi connectivity index (χ4v) is 4.65. The van der Waals surface area contributed by atoms with Crippen molar-refractivity contribution in [1.82, 2.24) is 14.3 Å². The summed E-state index contributed by atoms with van der Waals surface area (Å²) >= 11 is 0. The predicted molar refractivity (Wildman–Crippen MR) is 102 cm³/mol. The number of hydrogen-bond donors (Lipinski definition) is 3. The number of nitrogens with two attached hydrogens (primary N) is 1. The smallest absolute Gasteiger partial charge is 0.452 e. The van der Waals surface area contributed by atoms with Crippen molar-refractivity contribution in [3.05, 3.63) is 11.8 Å². The minimum Gasteiger partial charge on any atom is -0.452 e. The first kappa shape index (κ1) is 23.5. The molecule has 1 saturated heterocycles. The van der Waals surface area contributed by atoms with Crippen LogP contribution in [0.2, 0.25) is 0 Å². The van der Waals surface area contributed by atoms with Crippen LogP contribution in [0.1, 0.15) is 44.6 Å². The van der Waals surface area contributed by atoms with E-state index in [1.807, 2.05) is 6.07 Å². The number of sulfonamides is 1. The van der Waals surface area contributed by atoms with Gasteiger partial charge in [-0.2, -0.15) is 27.7 Å². The van der Waals surface area contributed by atoms with Gasteiger partial charge < -0.3 is 15.2 Å². The number of ether oxygens (including phenoxy) is 1. The minimum absolute atomic E-state index is 0.00386. The van der Waals surface area contributed by atoms with Gasteiger partial charge in [0.05, 0.1) is 6.20 Å². The summed E-state index contributed by atoms with van der Waals surface area (Å²) in [6, 6.07) is 1.50. The van der Waals surface area contributed by atoms with Gasteiger partial charge in [-0.3, -0.25) is 5.73 Å². The molecule has 10 nitrogen and oxygen atoms in total. The lowest BCUT2D eigenvalue weighted by Crippen LogP contribution is -2.59. The Labute approximate surface area is 177 Å². The molecule has 1 saturated carbocycles. The van der Waals surface area contributed by atoms with Gasteiger partial charge in [-0.05, 0) is 32.6 Å². The van der Waals surface area contributed by atoms with Crippen LogP contribution in [0.3, 0.4) is 0 Å². The van der Waals surface area contributed by atoms with Crippen LogP contribution >= 0.6 is 0 Å². The summed E-state index contributed by atoms with van der Waals surface area (Å²) in [5.41, 5.74) is -1.90. The predicted octanol–water partition coefficient (Wildman–Crippen LogP) is 1.04. The van der Waals surface area contributed by atoms with E-state index in [1.54, 1.807) is 0 Å². The zero-order valence-corrected chi connectivity index (χ0v) is 17.5. The number of halogens is 3. The molecule has 2 atom stereocenters. The number of nitrogens with one attached hydrogen (secondary N) is 1. The standard InChI is InChI=1S/C17H23F3N6O4S/c1-15(27)5-2-6-16(15,22)30-13-11(9-21)10-23-14(25-13)24-12-3-7-26(8-4-12)31(28,29)17(18,19)20/h10,12,27H,2-8,22H2,1H3,(H,23,24,25). The zero-order chi connectivity index (χ0) is 23.1. The first-order valence-electron chi connectivity index (χ1n) is 9.59. The molecule has 1 aromatic rings. The lowest BCUT2D eigenvalue weighted by Gasteiger charge is -2.36. The maximum Gasteiger partial charge on any atom is 0.511 e. The van der Waals surface area contributed by atoms with Crippen LogP contribution in [0.15, 0.2) is 6.20 Å². The van der Waals surface area contributed by atoms with Crippen molar-refractivity contribution < 1.29 is 31.4 Å². The number of nitrogens with zero attached hydrogens (tertiary/aromatic N) is 4. The highest BCUT2D eigenvalue weighted by atomic mass is 32.2. The highest BCUT2D eigenvalue weighted by Gasteiger charge is 2.52. The van der Waals surface area contributed by atoms with E-state index in [0.29, 0.717) is 23.6 Å². The molecule has 0 spiro atoms. The van der Waals surface area contributed by atoms with Crippen LogP contribution in [0, 0.1) is 11.3 Å². The van der Waals surface area contributed by atoms with Gasteiger partial charge in [0.1, 0.15) is 17.2 Å². The lowest BCUT2D eigenvalue weighted by atomic mass is 9.97. The van der Waals surface area contributed by atoms with Crippen LogP contribution in [0.25, 0.3) is 0 Å². The number of alkyl halides is 3. The number of anilines is 1. The summed E-state index contributed by atoms with van der Waals surface area (Å²) in [4.78, 5) is 8.15. The largest absolute Gasteiger partial charge is 0.511 e. The number of rotatable bonds is 5. The Kier molecular flexibility index (Phi) is 6.09. The quantitative estimate of drug-likeness (QED) is 0.542. The fraction of sp³-hybridized carbons (Fsp3) is 0.706. The van der Waals surface area contributed by atoms with Crippen LogP contribution in [-0.2, 0) is 10.0 Å². The Morgan fingerprint density at radius 1 is 1.39 bits per heavy atom. The molecule has 2 heterocycles. The van der Waals surface area contributed by atoms with Gasteiger partial charge in [0.2, 0.25) is 11.8 Å². The molecule has 1 aliphatic carbocycles. The average Bonchev–Trinajstić information content (AvgIpc) is 2.93. The second kappa shape index (κ2) is 8.05. The van der Waals surface area contributed by atoms with E-state index >= 15 is 0 Å². The van der Waals surface area contributed by atoms with Crippen molar-refractivity contribution in [1.29, 1.82) is 5.26 Å². The van der Waals surface area contributed by atoms with Crippen molar-refractivity contribution in [3.8, 4) is 11.9 Å². The molecule has 0 amide bonds. The summed E-state index contributed by atoms with van der Waals surface area (Å²) in [7, 11) is -5.36. The number of aromatic nitrogens is 2. The Hall–Kier alpha value is -2.21. The van der Waals surface area contributed by atoms with E-state index in [9.17, 15) is 32.0 Å². The molecule has 0 bridgehead atoms. The second-order valence-corrected chi connectivity index (χ2v) is 9.84. The van der Waals surface area contributed by atoms with Crippen molar-refractivity contribution in [2.45, 2.75) is 61.9 Å². The fourth-order valence-electron chi connectivity index (χ4n) is 3.67. The van der Waals surface area contributed by atoms with Crippen molar-refractivity contribution in [2.75, 3.05) is 18.4 Å². The van der Waals surface area contributed by atoms with Crippen molar-refractivity contribution >= 4 is 16.0 Å². The molecule has 172 valence electrons. The highest BCUT2D eigenvalue weighted by molar-refractivity contribution is 7.90. The van der Waals surface area contributed by atoms with Crippen molar-refractivity contribution in [3.63, 3.8) is 0 Å². The molecule has 4 N–H and O–H groups in total. The molecule has 2 aliphatic rings. The first-order valence-corrected chi connectivity index (χ1v) is 11.0. The van der Waals surface area contributed by atoms with Crippen LogP contribution in [0.4, 0.5) is 19.1 Å². The molecule has 0 aromatic carbocycles. The monoisotopic (exact) mass is 464 g/mol. The van der Waals surface area contributed by atoms with Gasteiger partial charge in [0, 0.05) is 25.6 Å². The van der Waals surface area contributed by atoms with E-state index in [4.69, 9.17) is 10.5 Å². The maximum absolute atomic E-state index is 12.7. The first-order chi connectivity index (χ1) is 14.3. The second-order valence-electron chi connectivity index (χ2n) is 7.91. The van der Waals surface area contributed by atoms with Gasteiger partial charge in [-0.1, -0.05) is 0 Å². The molecule has 2 fully saturated rings. The normalized spacial score (nSPS) is 28.3. The summed E-state index contributed by atoms with van der Waals surface area (Å²) in [6.07, 6.45) is 2.81. The third-order valence-electron chi connectivity index (χ3n) is 5.70. The Bertz CT molecular complexity index is 973. The van der Waals surface area contributed by atoms with Crippen LogP contribution in [0.5, 0.6) is 5.88 Å². The maximum atomic E-state index is 12.7. The van der Waals surface area contributed by atoms with Gasteiger partial charge in [0.15, 0.2) is 5.72 Å². The molecule has 1 aromatic heterocycles. The average molecular weight is 464 g/mol. The van der Waals surface area contributed by atoms with E-state index in [1.165, 1.54) is 13.1 Å². The van der Waals surface area contributed by atoms with E-state index < -0.39 is 26.9 Å². The Balaban J connectivity index is 1.70. The molecule has 31 heavy (non-hydrogen) atoms. The van der Waals surface area contributed by atoms with E-state index in [-0.39, 0.29) is 49.4 Å². The molecular formula is C17H23F3N6O4S. The Morgan fingerprint density at radius 2 is 2.03 bits per heavy atom. The molecule has 1 aliphatic heterocycles. The van der Waals surface area contributed by atoms with E-state index in [2.05, 4.69) is 15.3 Å². The van der Waals surface area contributed by atoms with Gasteiger partial charge in [-0.25, -0.2) is 13.4 Å². The third-order valence-corrected chi connectivity index (χ3v) is 7.33. The van der Waals surface area contributed by atoms with Crippen LogP contribution in [-0.4, -0.2) is 63.8 Å². The summed E-state index contributed by atoms with van der Waals surface area (Å²) in [5.74, 6) is -0.0749. The molecule has 0 radical (unpaired) electrons. The minimum atomic E-state index is -5.36. The number of piperidine rings is 1. The SMILES string of the molecule is CC1(O)CCCC1(N)Oc1nc(NC2CCN(S(=O)(=O)C(F)(F)F)CC2)ncc1C#N. The van der Waals surface area contributed by atoms with E-state index in [0.717, 1.165) is 0 Å². The summed E-state index contributed by atoms with van der Waals surface area (Å²) in [6.45, 7) is 0.914. The zero-order valence-electron chi connectivity index (χ0n) is 16.7. The number of nitriles is 1. The topological polar surface area (TPSA) is 154 Å². The van der Waals surface area contributed by atoms with Gasteiger partial charge in [0.25, 0.3) is 0 Å². The molecule has 2 unspecified atom stereocenters. The van der Waals surface area contributed by atoms with Crippen LogP contribution < -0.4 is 15.8 Å². The highest BCUT2D eigenvalue weighted by Crippen LogP contribution is 2.39. The summed E-state index contributed by atoms with van der Waals surface area (Å²) < 4.78 is 67.2. The third kappa shape index (κ3) is 4.54. The number of hydrogen-bond acceptors (Lipinski definition) is 9. The molecular weight excluding hydrogens is 441 g/mol. The molecule has 3 rings (SSSR count). The number of aliphatic hydroxyl groups is 1. The van der Waals surface area contributed by atoms with Crippen molar-refractivity contribution in [2.24, 2.45) is 5.73 Å². The lowest BCUT2D eigenvalue weighted by molar-refractivity contribution is -0.100. The molecule has 14 heteroatoms. The Morgan fingerprint density at radius 3 is 2.55 bits per heavy atom. The van der Waals surface area contributed by atoms with Gasteiger partial charge >= 0.3 is 15.5 Å².